The van der Waals surface area contributed by atoms with Gasteiger partial charge in [-0.25, -0.2) is 0 Å². The number of fused-ring (bicyclic) bond motifs is 2. The second kappa shape index (κ2) is 4.70. The molecule has 23 heavy (non-hydrogen) atoms. The molecule has 4 amide bonds. The van der Waals surface area contributed by atoms with Gasteiger partial charge in [-0.15, -0.1) is 0 Å². The van der Waals surface area contributed by atoms with E-state index in [2.05, 4.69) is 10.3 Å². The molecule has 2 aromatic rings. The minimum Gasteiger partial charge on any atom is -0.295 e. The molecule has 7 nitrogen and oxygen atoms in total. The molecule has 1 aromatic carbocycles. The lowest BCUT2D eigenvalue weighted by Gasteiger charge is -2.27. The van der Waals surface area contributed by atoms with Gasteiger partial charge in [0.15, 0.2) is 0 Å². The molecular formula is C16H11N3O4. The Morgan fingerprint density at radius 2 is 1.74 bits per heavy atom. The highest BCUT2D eigenvalue weighted by atomic mass is 16.2. The fourth-order valence-electron chi connectivity index (χ4n) is 3.05. The minimum absolute atomic E-state index is 0.107. The van der Waals surface area contributed by atoms with Crippen LogP contribution in [0.1, 0.15) is 33.6 Å². The summed E-state index contributed by atoms with van der Waals surface area (Å²) in [5.41, 5.74) is 0.540. The average molecular weight is 309 g/mol. The van der Waals surface area contributed by atoms with Crippen molar-refractivity contribution < 1.29 is 19.2 Å². The second-order valence-corrected chi connectivity index (χ2v) is 5.57. The Morgan fingerprint density at radius 1 is 1.04 bits per heavy atom. The number of rotatable bonds is 1. The quantitative estimate of drug-likeness (QED) is 0.780. The fourth-order valence-corrected chi connectivity index (χ4v) is 3.05. The van der Waals surface area contributed by atoms with Crippen LogP contribution < -0.4 is 5.32 Å². The summed E-state index contributed by atoms with van der Waals surface area (Å²) in [4.78, 5) is 53.4. The van der Waals surface area contributed by atoms with Crippen molar-refractivity contribution in [3.05, 3.63) is 41.7 Å². The van der Waals surface area contributed by atoms with Gasteiger partial charge in [0, 0.05) is 24.2 Å². The number of carbonyl (C=O) groups is 4. The van der Waals surface area contributed by atoms with Gasteiger partial charge in [0.1, 0.15) is 6.04 Å². The SMILES string of the molecule is O=C1CCC(N2C(=O)c3cc4ccncc4cc3C2=O)C(=O)N1. The molecule has 0 saturated carbocycles. The third-order valence-corrected chi connectivity index (χ3v) is 4.20. The molecular weight excluding hydrogens is 298 g/mol. The van der Waals surface area contributed by atoms with Crippen LogP contribution in [0.4, 0.5) is 0 Å². The maximum absolute atomic E-state index is 12.6. The van der Waals surface area contributed by atoms with Crippen molar-refractivity contribution in [2.24, 2.45) is 0 Å². The van der Waals surface area contributed by atoms with Gasteiger partial charge in [0.25, 0.3) is 11.8 Å². The van der Waals surface area contributed by atoms with Crippen LogP contribution in [0.15, 0.2) is 30.6 Å². The Bertz CT molecular complexity index is 851. The average Bonchev–Trinajstić information content (AvgIpc) is 2.77. The molecule has 3 heterocycles. The molecule has 0 spiro atoms. The smallest absolute Gasteiger partial charge is 0.262 e. The van der Waals surface area contributed by atoms with E-state index < -0.39 is 23.8 Å². The van der Waals surface area contributed by atoms with Gasteiger partial charge in [0.2, 0.25) is 11.8 Å². The van der Waals surface area contributed by atoms with E-state index in [1.807, 2.05) is 0 Å². The number of nitrogens with one attached hydrogen (secondary N) is 1. The van der Waals surface area contributed by atoms with Crippen molar-refractivity contribution in [1.82, 2.24) is 15.2 Å². The predicted molar refractivity (Wildman–Crippen MR) is 78.4 cm³/mol. The van der Waals surface area contributed by atoms with Crippen LogP contribution in [0, 0.1) is 0 Å². The van der Waals surface area contributed by atoms with Crippen LogP contribution in [-0.2, 0) is 9.59 Å². The Balaban J connectivity index is 1.78. The van der Waals surface area contributed by atoms with E-state index in [1.54, 1.807) is 30.6 Å². The monoisotopic (exact) mass is 309 g/mol. The molecule has 2 aliphatic heterocycles. The van der Waals surface area contributed by atoms with E-state index in [1.165, 1.54) is 0 Å². The summed E-state index contributed by atoms with van der Waals surface area (Å²) in [5, 5.41) is 3.72. The molecule has 1 saturated heterocycles. The molecule has 7 heteroatoms. The van der Waals surface area contributed by atoms with Crippen molar-refractivity contribution in [1.29, 1.82) is 0 Å². The van der Waals surface area contributed by atoms with Crippen LogP contribution in [0.5, 0.6) is 0 Å². The largest absolute Gasteiger partial charge is 0.295 e. The summed E-state index contributed by atoms with van der Waals surface area (Å²) >= 11 is 0. The molecule has 2 aliphatic rings. The normalized spacial score (nSPS) is 20.9. The number of pyridine rings is 1. The topological polar surface area (TPSA) is 96.4 Å². The standard InChI is InChI=1S/C16H11N3O4/c20-13-2-1-12(14(21)18-13)19-15(22)10-5-8-3-4-17-7-9(8)6-11(10)16(19)23/h3-7,12H,1-2H2,(H,18,20,21). The zero-order valence-corrected chi connectivity index (χ0v) is 11.9. The molecule has 1 atom stereocenters. The van der Waals surface area contributed by atoms with Gasteiger partial charge in [-0.05, 0) is 30.0 Å². The summed E-state index contributed by atoms with van der Waals surface area (Å²) in [6.07, 6.45) is 3.48. The maximum Gasteiger partial charge on any atom is 0.262 e. The van der Waals surface area contributed by atoms with Crippen LogP contribution in [0.25, 0.3) is 10.8 Å². The predicted octanol–water partition coefficient (Wildman–Crippen LogP) is 0.636. The first-order chi connectivity index (χ1) is 11.1. The van der Waals surface area contributed by atoms with Gasteiger partial charge in [-0.2, -0.15) is 0 Å². The molecule has 1 aromatic heterocycles. The molecule has 1 fully saturated rings. The summed E-state index contributed by atoms with van der Waals surface area (Å²) < 4.78 is 0. The van der Waals surface area contributed by atoms with E-state index in [0.717, 1.165) is 15.7 Å². The number of hydrogen-bond acceptors (Lipinski definition) is 5. The number of benzene rings is 1. The van der Waals surface area contributed by atoms with Gasteiger partial charge in [-0.3, -0.25) is 34.4 Å². The number of hydrogen-bond donors (Lipinski definition) is 1. The number of nitrogens with zero attached hydrogens (tertiary/aromatic N) is 2. The maximum atomic E-state index is 12.6. The molecule has 0 radical (unpaired) electrons. The number of imide groups is 2. The molecule has 0 bridgehead atoms. The van der Waals surface area contributed by atoms with Gasteiger partial charge in [-0.1, -0.05) is 0 Å². The van der Waals surface area contributed by atoms with Crippen LogP contribution in [0.3, 0.4) is 0 Å². The van der Waals surface area contributed by atoms with Crippen LogP contribution >= 0.6 is 0 Å². The minimum atomic E-state index is -0.943. The van der Waals surface area contributed by atoms with Crippen molar-refractivity contribution in [2.75, 3.05) is 0 Å². The summed E-state index contributed by atoms with van der Waals surface area (Å²) in [7, 11) is 0. The summed E-state index contributed by atoms with van der Waals surface area (Å²) in [5.74, 6) is -2.01. The van der Waals surface area contributed by atoms with Gasteiger partial charge < -0.3 is 0 Å². The highest BCUT2D eigenvalue weighted by Gasteiger charge is 2.44. The summed E-state index contributed by atoms with van der Waals surface area (Å²) in [6, 6.07) is 4.06. The third-order valence-electron chi connectivity index (χ3n) is 4.20. The number of amides is 4. The van der Waals surface area contributed by atoms with Crippen molar-refractivity contribution in [2.45, 2.75) is 18.9 Å². The van der Waals surface area contributed by atoms with Crippen molar-refractivity contribution in [3.63, 3.8) is 0 Å². The van der Waals surface area contributed by atoms with E-state index in [4.69, 9.17) is 0 Å². The number of piperidine rings is 1. The highest BCUT2D eigenvalue weighted by Crippen LogP contribution is 2.30. The first-order valence-corrected chi connectivity index (χ1v) is 7.15. The van der Waals surface area contributed by atoms with Gasteiger partial charge >= 0.3 is 0 Å². The number of aromatic nitrogens is 1. The Labute approximate surface area is 130 Å². The van der Waals surface area contributed by atoms with E-state index in [9.17, 15) is 19.2 Å². The first-order valence-electron chi connectivity index (χ1n) is 7.15. The lowest BCUT2D eigenvalue weighted by Crippen LogP contribution is -2.54. The van der Waals surface area contributed by atoms with E-state index in [-0.39, 0.29) is 29.9 Å². The molecule has 0 aliphatic carbocycles. The Hall–Kier alpha value is -3.09. The first kappa shape index (κ1) is 13.6. The number of carbonyl (C=O) groups excluding carboxylic acids is 4. The molecule has 114 valence electrons. The lowest BCUT2D eigenvalue weighted by molar-refractivity contribution is -0.136. The van der Waals surface area contributed by atoms with Gasteiger partial charge in [0.05, 0.1) is 11.1 Å². The Morgan fingerprint density at radius 3 is 2.43 bits per heavy atom. The second-order valence-electron chi connectivity index (χ2n) is 5.57. The molecule has 1 N–H and O–H groups in total. The molecule has 1 unspecified atom stereocenters. The van der Waals surface area contributed by atoms with Crippen LogP contribution in [0.2, 0.25) is 0 Å². The van der Waals surface area contributed by atoms with E-state index in [0.29, 0.717) is 0 Å². The third kappa shape index (κ3) is 1.93. The zero-order valence-electron chi connectivity index (χ0n) is 11.9. The Kier molecular flexibility index (Phi) is 2.77. The fraction of sp³-hybridized carbons (Fsp3) is 0.188. The zero-order chi connectivity index (χ0) is 16.1. The van der Waals surface area contributed by atoms with Crippen molar-refractivity contribution >= 4 is 34.4 Å². The highest BCUT2D eigenvalue weighted by molar-refractivity contribution is 6.24. The lowest BCUT2D eigenvalue weighted by atomic mass is 10.0. The van der Waals surface area contributed by atoms with Crippen LogP contribution in [-0.4, -0.2) is 39.6 Å². The molecule has 4 rings (SSSR count). The van der Waals surface area contributed by atoms with E-state index >= 15 is 0 Å². The summed E-state index contributed by atoms with van der Waals surface area (Å²) in [6.45, 7) is 0. The van der Waals surface area contributed by atoms with Crippen molar-refractivity contribution in [3.8, 4) is 0 Å².